The minimum absolute atomic E-state index is 0.0605. The highest BCUT2D eigenvalue weighted by Crippen LogP contribution is 2.33. The van der Waals surface area contributed by atoms with Crippen LogP contribution >= 0.6 is 0 Å². The van der Waals surface area contributed by atoms with E-state index >= 15 is 0 Å². The Kier molecular flexibility index (Phi) is 5.89. The second-order valence-electron chi connectivity index (χ2n) is 7.12. The lowest BCUT2D eigenvalue weighted by molar-refractivity contribution is 0.103. The molecule has 0 fully saturated rings. The van der Waals surface area contributed by atoms with E-state index in [1.165, 1.54) is 0 Å². The molecule has 2 rings (SSSR count). The van der Waals surface area contributed by atoms with E-state index in [9.17, 15) is 15.0 Å². The molecule has 0 spiro atoms. The molecule has 3 nitrogen and oxygen atoms in total. The number of phenols is 2. The fourth-order valence-corrected chi connectivity index (χ4v) is 3.29. The predicted molar refractivity (Wildman–Crippen MR) is 102 cm³/mol. The van der Waals surface area contributed by atoms with Gasteiger partial charge in [0.2, 0.25) is 0 Å². The van der Waals surface area contributed by atoms with Gasteiger partial charge in [0.05, 0.1) is 0 Å². The standard InChI is InChI=1S/C22H28O3/c1-6-7-8-16-11-17(12-19(13(2)3)21(16)24)22(25)20-14(4)9-18(23)10-15(20)5/h9-13,23-24H,6-8H2,1-5H3. The summed E-state index contributed by atoms with van der Waals surface area (Å²) < 4.78 is 0. The van der Waals surface area contributed by atoms with Crippen LogP contribution in [0.4, 0.5) is 0 Å². The summed E-state index contributed by atoms with van der Waals surface area (Å²) in [6, 6.07) is 6.86. The first kappa shape index (κ1) is 19.0. The Morgan fingerprint density at radius 2 is 1.64 bits per heavy atom. The van der Waals surface area contributed by atoms with E-state index in [4.69, 9.17) is 0 Å². The van der Waals surface area contributed by atoms with Crippen molar-refractivity contribution >= 4 is 5.78 Å². The third-order valence-corrected chi connectivity index (χ3v) is 4.65. The second-order valence-corrected chi connectivity index (χ2v) is 7.12. The number of carbonyl (C=O) groups is 1. The Hall–Kier alpha value is -2.29. The largest absolute Gasteiger partial charge is 0.508 e. The van der Waals surface area contributed by atoms with Gasteiger partial charge >= 0.3 is 0 Å². The summed E-state index contributed by atoms with van der Waals surface area (Å²) in [6.07, 6.45) is 2.77. The fourth-order valence-electron chi connectivity index (χ4n) is 3.29. The van der Waals surface area contributed by atoms with Crippen molar-refractivity contribution in [2.24, 2.45) is 0 Å². The molecule has 0 radical (unpaired) electrons. The van der Waals surface area contributed by atoms with Crippen molar-refractivity contribution in [2.45, 2.75) is 59.8 Å². The Morgan fingerprint density at radius 3 is 2.16 bits per heavy atom. The van der Waals surface area contributed by atoms with Crippen molar-refractivity contribution in [3.05, 3.63) is 57.6 Å². The Bertz CT molecular complexity index is 765. The molecule has 2 aromatic carbocycles. The zero-order chi connectivity index (χ0) is 18.7. The highest BCUT2D eigenvalue weighted by molar-refractivity contribution is 6.11. The number of hydrogen-bond acceptors (Lipinski definition) is 3. The average molecular weight is 340 g/mol. The summed E-state index contributed by atoms with van der Waals surface area (Å²) in [5.74, 6) is 0.563. The van der Waals surface area contributed by atoms with Crippen LogP contribution < -0.4 is 0 Å². The highest BCUT2D eigenvalue weighted by atomic mass is 16.3. The van der Waals surface area contributed by atoms with Crippen molar-refractivity contribution in [3.8, 4) is 11.5 Å². The van der Waals surface area contributed by atoms with E-state index in [1.807, 2.05) is 39.8 Å². The van der Waals surface area contributed by atoms with E-state index in [0.717, 1.165) is 41.5 Å². The average Bonchev–Trinajstić information content (AvgIpc) is 2.52. The van der Waals surface area contributed by atoms with E-state index < -0.39 is 0 Å². The van der Waals surface area contributed by atoms with Crippen LogP contribution in [0.25, 0.3) is 0 Å². The highest BCUT2D eigenvalue weighted by Gasteiger charge is 2.20. The third-order valence-electron chi connectivity index (χ3n) is 4.65. The van der Waals surface area contributed by atoms with Gasteiger partial charge in [-0.2, -0.15) is 0 Å². The summed E-state index contributed by atoms with van der Waals surface area (Å²) in [4.78, 5) is 13.1. The summed E-state index contributed by atoms with van der Waals surface area (Å²) in [5, 5.41) is 20.3. The number of aryl methyl sites for hydroxylation is 3. The van der Waals surface area contributed by atoms with Crippen molar-refractivity contribution < 1.29 is 15.0 Å². The van der Waals surface area contributed by atoms with Crippen molar-refractivity contribution in [1.82, 2.24) is 0 Å². The third kappa shape index (κ3) is 4.04. The van der Waals surface area contributed by atoms with Gasteiger partial charge in [0, 0.05) is 11.1 Å². The first-order valence-electron chi connectivity index (χ1n) is 8.96. The summed E-state index contributed by atoms with van der Waals surface area (Å²) in [7, 11) is 0. The molecule has 25 heavy (non-hydrogen) atoms. The molecule has 0 amide bonds. The van der Waals surface area contributed by atoms with Crippen LogP contribution in [0.5, 0.6) is 11.5 Å². The maximum Gasteiger partial charge on any atom is 0.193 e. The molecule has 0 aliphatic rings. The molecule has 2 N–H and O–H groups in total. The molecule has 3 heteroatoms. The summed E-state index contributed by atoms with van der Waals surface area (Å²) >= 11 is 0. The normalized spacial score (nSPS) is 11.1. The molecule has 0 aliphatic carbocycles. The van der Waals surface area contributed by atoms with Crippen molar-refractivity contribution in [2.75, 3.05) is 0 Å². The van der Waals surface area contributed by atoms with Gasteiger partial charge in [-0.25, -0.2) is 0 Å². The molecule has 0 saturated carbocycles. The maximum absolute atomic E-state index is 13.1. The molecule has 2 aromatic rings. The smallest absolute Gasteiger partial charge is 0.193 e. The molecule has 0 aromatic heterocycles. The van der Waals surface area contributed by atoms with Gasteiger partial charge in [0.1, 0.15) is 11.5 Å². The monoisotopic (exact) mass is 340 g/mol. The van der Waals surface area contributed by atoms with Gasteiger partial charge in [-0.05, 0) is 79.1 Å². The van der Waals surface area contributed by atoms with Crippen LogP contribution in [-0.2, 0) is 6.42 Å². The van der Waals surface area contributed by atoms with Gasteiger partial charge in [0.25, 0.3) is 0 Å². The summed E-state index contributed by atoms with van der Waals surface area (Å²) in [5.41, 5.74) is 4.40. The van der Waals surface area contributed by atoms with Crippen LogP contribution in [0.2, 0.25) is 0 Å². The SMILES string of the molecule is CCCCc1cc(C(=O)c2c(C)cc(O)cc2C)cc(C(C)C)c1O. The number of aromatic hydroxyl groups is 2. The van der Waals surface area contributed by atoms with Gasteiger partial charge in [-0.3, -0.25) is 4.79 Å². The number of benzene rings is 2. The molecule has 0 atom stereocenters. The minimum atomic E-state index is -0.0605. The number of hydrogen-bond donors (Lipinski definition) is 2. The van der Waals surface area contributed by atoms with E-state index in [-0.39, 0.29) is 17.5 Å². The number of ketones is 1. The van der Waals surface area contributed by atoms with Crippen LogP contribution in [0.15, 0.2) is 24.3 Å². The summed E-state index contributed by atoms with van der Waals surface area (Å²) in [6.45, 7) is 9.82. The topological polar surface area (TPSA) is 57.5 Å². The molecule has 0 heterocycles. The van der Waals surface area contributed by atoms with Crippen LogP contribution in [0.3, 0.4) is 0 Å². The molecular formula is C22H28O3. The van der Waals surface area contributed by atoms with E-state index in [1.54, 1.807) is 12.1 Å². The fraction of sp³-hybridized carbons (Fsp3) is 0.409. The van der Waals surface area contributed by atoms with Crippen molar-refractivity contribution in [1.29, 1.82) is 0 Å². The number of carbonyl (C=O) groups excluding carboxylic acids is 1. The van der Waals surface area contributed by atoms with E-state index in [2.05, 4.69) is 6.92 Å². The Balaban J connectivity index is 2.58. The lowest BCUT2D eigenvalue weighted by atomic mass is 9.89. The van der Waals surface area contributed by atoms with Gasteiger partial charge in [-0.15, -0.1) is 0 Å². The zero-order valence-electron chi connectivity index (χ0n) is 15.8. The predicted octanol–water partition coefficient (Wildman–Crippen LogP) is 5.41. The first-order chi connectivity index (χ1) is 11.8. The Morgan fingerprint density at radius 1 is 1.04 bits per heavy atom. The first-order valence-corrected chi connectivity index (χ1v) is 8.96. The molecule has 0 saturated heterocycles. The van der Waals surface area contributed by atoms with Gasteiger partial charge < -0.3 is 10.2 Å². The number of unbranched alkanes of at least 4 members (excludes halogenated alkanes) is 1. The van der Waals surface area contributed by atoms with Crippen LogP contribution in [-0.4, -0.2) is 16.0 Å². The molecule has 0 aliphatic heterocycles. The van der Waals surface area contributed by atoms with Gasteiger partial charge in [-0.1, -0.05) is 27.2 Å². The molecule has 0 unspecified atom stereocenters. The quantitative estimate of drug-likeness (QED) is 0.691. The zero-order valence-corrected chi connectivity index (χ0v) is 15.8. The molecule has 134 valence electrons. The van der Waals surface area contributed by atoms with Gasteiger partial charge in [0.15, 0.2) is 5.78 Å². The van der Waals surface area contributed by atoms with Crippen LogP contribution in [0, 0.1) is 13.8 Å². The minimum Gasteiger partial charge on any atom is -0.508 e. The lowest BCUT2D eigenvalue weighted by Crippen LogP contribution is -2.08. The Labute approximate surface area is 150 Å². The van der Waals surface area contributed by atoms with Crippen LogP contribution in [0.1, 0.15) is 77.7 Å². The number of rotatable bonds is 6. The molecular weight excluding hydrogens is 312 g/mol. The molecule has 0 bridgehead atoms. The number of phenolic OH excluding ortho intramolecular Hbond substituents is 2. The maximum atomic E-state index is 13.1. The van der Waals surface area contributed by atoms with Crippen molar-refractivity contribution in [3.63, 3.8) is 0 Å². The second kappa shape index (κ2) is 7.73. The van der Waals surface area contributed by atoms with E-state index in [0.29, 0.717) is 16.9 Å². The lowest BCUT2D eigenvalue weighted by Gasteiger charge is -2.16.